The molecule has 0 N–H and O–H groups in total. The molecule has 0 radical (unpaired) electrons. The third-order valence-electron chi connectivity index (χ3n) is 3.71. The first kappa shape index (κ1) is 11.7. The fraction of sp³-hybridized carbons (Fsp3) is 0.357. The van der Waals surface area contributed by atoms with E-state index in [9.17, 15) is 9.18 Å². The van der Waals surface area contributed by atoms with Crippen molar-refractivity contribution in [2.45, 2.75) is 12.8 Å². The van der Waals surface area contributed by atoms with Crippen molar-refractivity contribution in [2.24, 2.45) is 5.92 Å². The SMILES string of the molecule is O=C1C(=Cc2ccc(Cl)c(F)c2)N2CCC1CC2. The average molecular weight is 266 g/mol. The van der Waals surface area contributed by atoms with Crippen LogP contribution in [0.2, 0.25) is 5.02 Å². The molecule has 0 aliphatic carbocycles. The van der Waals surface area contributed by atoms with Crippen LogP contribution < -0.4 is 0 Å². The first-order chi connectivity index (χ1) is 8.65. The van der Waals surface area contributed by atoms with Gasteiger partial charge in [0.1, 0.15) is 5.82 Å². The standard InChI is InChI=1S/C14H13ClFNO/c15-11-2-1-9(7-12(11)16)8-13-14(18)10-3-5-17(13)6-4-10/h1-2,7-8,10H,3-6H2. The summed E-state index contributed by atoms with van der Waals surface area (Å²) in [7, 11) is 0. The van der Waals surface area contributed by atoms with E-state index in [4.69, 9.17) is 11.6 Å². The third kappa shape index (κ3) is 1.93. The van der Waals surface area contributed by atoms with Crippen molar-refractivity contribution >= 4 is 23.5 Å². The first-order valence-corrected chi connectivity index (χ1v) is 6.49. The number of piperidine rings is 3. The molecule has 2 nitrogen and oxygen atoms in total. The Labute approximate surface area is 110 Å². The van der Waals surface area contributed by atoms with Crippen molar-refractivity contribution in [3.63, 3.8) is 0 Å². The van der Waals surface area contributed by atoms with Gasteiger partial charge in [-0.2, -0.15) is 0 Å². The van der Waals surface area contributed by atoms with E-state index in [1.807, 2.05) is 0 Å². The predicted octanol–water partition coefficient (Wildman–Crippen LogP) is 3.11. The molecule has 0 spiro atoms. The van der Waals surface area contributed by atoms with Crippen LogP contribution in [0, 0.1) is 11.7 Å². The van der Waals surface area contributed by atoms with Crippen LogP contribution in [-0.2, 0) is 4.79 Å². The summed E-state index contributed by atoms with van der Waals surface area (Å²) in [5.74, 6) is -0.0873. The Balaban J connectivity index is 1.95. The van der Waals surface area contributed by atoms with E-state index in [0.29, 0.717) is 5.56 Å². The number of allylic oxidation sites excluding steroid dienone is 1. The van der Waals surface area contributed by atoms with Crippen molar-refractivity contribution in [1.29, 1.82) is 0 Å². The number of fused-ring (bicyclic) bond motifs is 3. The minimum Gasteiger partial charge on any atom is -0.369 e. The smallest absolute Gasteiger partial charge is 0.182 e. The molecule has 3 fully saturated rings. The summed E-state index contributed by atoms with van der Waals surface area (Å²) >= 11 is 5.64. The molecule has 0 unspecified atom stereocenters. The lowest BCUT2D eigenvalue weighted by Crippen LogP contribution is -2.45. The van der Waals surface area contributed by atoms with Crippen molar-refractivity contribution in [1.82, 2.24) is 4.90 Å². The Kier molecular flexibility index (Phi) is 2.86. The Morgan fingerprint density at radius 3 is 2.67 bits per heavy atom. The molecular weight excluding hydrogens is 253 g/mol. The highest BCUT2D eigenvalue weighted by Gasteiger charge is 2.36. The van der Waals surface area contributed by atoms with Crippen molar-refractivity contribution < 1.29 is 9.18 Å². The van der Waals surface area contributed by atoms with Gasteiger partial charge in [-0.05, 0) is 36.6 Å². The maximum atomic E-state index is 13.4. The van der Waals surface area contributed by atoms with Gasteiger partial charge < -0.3 is 4.90 Å². The number of Topliss-reactive ketones (excluding diaryl/α,β-unsaturated/α-hetero) is 1. The number of nitrogens with zero attached hydrogens (tertiary/aromatic N) is 1. The summed E-state index contributed by atoms with van der Waals surface area (Å²) < 4.78 is 13.4. The number of rotatable bonds is 1. The largest absolute Gasteiger partial charge is 0.369 e. The minimum absolute atomic E-state index is 0.106. The summed E-state index contributed by atoms with van der Waals surface area (Å²) in [5, 5.41) is 0.106. The maximum Gasteiger partial charge on any atom is 0.182 e. The van der Waals surface area contributed by atoms with Gasteiger partial charge in [-0.1, -0.05) is 17.7 Å². The van der Waals surface area contributed by atoms with E-state index in [2.05, 4.69) is 4.90 Å². The monoisotopic (exact) mass is 265 g/mol. The first-order valence-electron chi connectivity index (χ1n) is 6.11. The number of carbonyl (C=O) groups excluding carboxylic acids is 1. The summed E-state index contributed by atoms with van der Waals surface area (Å²) in [4.78, 5) is 14.2. The Bertz CT molecular complexity index is 533. The van der Waals surface area contributed by atoms with Gasteiger partial charge in [0.2, 0.25) is 0 Å². The van der Waals surface area contributed by atoms with Crippen LogP contribution in [0.25, 0.3) is 6.08 Å². The number of carbonyl (C=O) groups is 1. The maximum absolute atomic E-state index is 13.4. The van der Waals surface area contributed by atoms with E-state index >= 15 is 0 Å². The van der Waals surface area contributed by atoms with Crippen LogP contribution in [0.4, 0.5) is 4.39 Å². The van der Waals surface area contributed by atoms with Crippen molar-refractivity contribution in [3.8, 4) is 0 Å². The van der Waals surface area contributed by atoms with Gasteiger partial charge in [0.05, 0.1) is 10.7 Å². The lowest BCUT2D eigenvalue weighted by Gasteiger charge is -2.41. The topological polar surface area (TPSA) is 20.3 Å². The van der Waals surface area contributed by atoms with Crippen LogP contribution in [0.5, 0.6) is 0 Å². The molecule has 0 amide bonds. The molecule has 1 aromatic carbocycles. The summed E-state index contributed by atoms with van der Waals surface area (Å²) in [6.07, 6.45) is 3.67. The van der Waals surface area contributed by atoms with Gasteiger partial charge in [-0.3, -0.25) is 4.79 Å². The molecule has 3 aliphatic heterocycles. The Hall–Kier alpha value is -1.35. The summed E-state index contributed by atoms with van der Waals surface area (Å²) in [6.45, 7) is 1.86. The second kappa shape index (κ2) is 4.39. The van der Waals surface area contributed by atoms with Gasteiger partial charge in [0.15, 0.2) is 5.78 Å². The lowest BCUT2D eigenvalue weighted by atomic mass is 9.84. The molecule has 0 aromatic heterocycles. The molecule has 4 rings (SSSR count). The zero-order chi connectivity index (χ0) is 12.7. The molecule has 3 saturated heterocycles. The van der Waals surface area contributed by atoms with Crippen LogP contribution in [0.15, 0.2) is 23.9 Å². The molecule has 0 saturated carbocycles. The molecular formula is C14H13ClFNO. The van der Waals surface area contributed by atoms with E-state index in [1.165, 1.54) is 12.1 Å². The van der Waals surface area contributed by atoms with Crippen molar-refractivity contribution in [3.05, 3.63) is 40.3 Å². The van der Waals surface area contributed by atoms with Gasteiger partial charge >= 0.3 is 0 Å². The highest BCUT2D eigenvalue weighted by Crippen LogP contribution is 2.32. The number of hydrogen-bond acceptors (Lipinski definition) is 2. The zero-order valence-corrected chi connectivity index (χ0v) is 10.6. The second-order valence-electron chi connectivity index (χ2n) is 4.83. The minimum atomic E-state index is -0.450. The Morgan fingerprint density at radius 1 is 1.33 bits per heavy atom. The average Bonchev–Trinajstić information content (AvgIpc) is 2.38. The van der Waals surface area contributed by atoms with Crippen LogP contribution in [0.1, 0.15) is 18.4 Å². The fourth-order valence-corrected chi connectivity index (χ4v) is 2.79. The quantitative estimate of drug-likeness (QED) is 0.727. The predicted molar refractivity (Wildman–Crippen MR) is 68.7 cm³/mol. The number of benzene rings is 1. The van der Waals surface area contributed by atoms with E-state index in [0.717, 1.165) is 31.6 Å². The van der Waals surface area contributed by atoms with Gasteiger partial charge in [-0.25, -0.2) is 4.39 Å². The van der Waals surface area contributed by atoms with Gasteiger partial charge in [0, 0.05) is 19.0 Å². The van der Waals surface area contributed by atoms with Gasteiger partial charge in [0.25, 0.3) is 0 Å². The molecule has 94 valence electrons. The zero-order valence-electron chi connectivity index (χ0n) is 9.83. The molecule has 2 bridgehead atoms. The second-order valence-corrected chi connectivity index (χ2v) is 5.24. The van der Waals surface area contributed by atoms with E-state index in [1.54, 1.807) is 12.1 Å². The normalized spacial score (nSPS) is 22.0. The van der Waals surface area contributed by atoms with Crippen LogP contribution >= 0.6 is 11.6 Å². The third-order valence-corrected chi connectivity index (χ3v) is 4.01. The number of hydrogen-bond donors (Lipinski definition) is 0. The molecule has 18 heavy (non-hydrogen) atoms. The fourth-order valence-electron chi connectivity index (χ4n) is 2.67. The highest BCUT2D eigenvalue weighted by atomic mass is 35.5. The van der Waals surface area contributed by atoms with Crippen molar-refractivity contribution in [2.75, 3.05) is 13.1 Å². The summed E-state index contributed by atoms with van der Waals surface area (Å²) in [5.41, 5.74) is 1.41. The van der Waals surface area contributed by atoms with Crippen LogP contribution in [-0.4, -0.2) is 23.8 Å². The van der Waals surface area contributed by atoms with E-state index in [-0.39, 0.29) is 16.7 Å². The molecule has 4 heteroatoms. The molecule has 1 aromatic rings. The summed E-state index contributed by atoms with van der Waals surface area (Å²) in [6, 6.07) is 4.62. The number of ketones is 1. The van der Waals surface area contributed by atoms with E-state index < -0.39 is 5.82 Å². The highest BCUT2D eigenvalue weighted by molar-refractivity contribution is 6.30. The lowest BCUT2D eigenvalue weighted by molar-refractivity contribution is -0.125. The molecule has 0 atom stereocenters. The molecule has 3 aliphatic rings. The number of halogens is 2. The Morgan fingerprint density at radius 2 is 2.06 bits per heavy atom. The van der Waals surface area contributed by atoms with Gasteiger partial charge in [-0.15, -0.1) is 0 Å². The molecule has 3 heterocycles. The van der Waals surface area contributed by atoms with Crippen LogP contribution in [0.3, 0.4) is 0 Å².